The number of rotatable bonds is 8. The molecule has 0 bridgehead atoms. The summed E-state index contributed by atoms with van der Waals surface area (Å²) in [7, 11) is 2.99. The fraction of sp³-hybridized carbons (Fsp3) is 0.174. The number of ether oxygens (including phenoxy) is 3. The van der Waals surface area contributed by atoms with E-state index in [0.29, 0.717) is 27.8 Å². The maximum atomic E-state index is 12.5. The highest BCUT2D eigenvalue weighted by Gasteiger charge is 2.12. The van der Waals surface area contributed by atoms with Gasteiger partial charge < -0.3 is 24.6 Å². The second-order valence-electron chi connectivity index (χ2n) is 6.43. The number of benzene rings is 3. The van der Waals surface area contributed by atoms with E-state index in [1.165, 1.54) is 20.3 Å². The molecule has 0 fully saturated rings. The van der Waals surface area contributed by atoms with Crippen LogP contribution in [0.1, 0.15) is 21.5 Å². The zero-order valence-electron chi connectivity index (χ0n) is 16.6. The minimum atomic E-state index is -0.266. The maximum absolute atomic E-state index is 12.5. The number of amides is 1. The van der Waals surface area contributed by atoms with Crippen LogP contribution in [0.4, 0.5) is 0 Å². The molecule has 0 saturated carbocycles. The fourth-order valence-electron chi connectivity index (χ4n) is 2.82. The summed E-state index contributed by atoms with van der Waals surface area (Å²) in [5.74, 6) is 1.09. The van der Waals surface area contributed by atoms with Gasteiger partial charge in [-0.25, -0.2) is 0 Å². The van der Waals surface area contributed by atoms with Gasteiger partial charge in [0.1, 0.15) is 6.61 Å². The molecule has 3 aromatic rings. The average molecular weight is 428 g/mol. The molecule has 0 atom stereocenters. The third-order valence-electron chi connectivity index (χ3n) is 4.46. The number of methoxy groups -OCH3 is 2. The highest BCUT2D eigenvalue weighted by Crippen LogP contribution is 2.30. The van der Waals surface area contributed by atoms with Crippen molar-refractivity contribution in [3.05, 3.63) is 82.4 Å². The van der Waals surface area contributed by atoms with Crippen LogP contribution in [0.5, 0.6) is 23.0 Å². The number of phenols is 1. The molecular weight excluding hydrogens is 406 g/mol. The Morgan fingerprint density at radius 3 is 2.47 bits per heavy atom. The third kappa shape index (κ3) is 5.15. The molecule has 3 aromatic carbocycles. The highest BCUT2D eigenvalue weighted by molar-refractivity contribution is 6.31. The van der Waals surface area contributed by atoms with E-state index in [-0.39, 0.29) is 24.8 Å². The van der Waals surface area contributed by atoms with Gasteiger partial charge in [-0.1, -0.05) is 35.9 Å². The van der Waals surface area contributed by atoms with Crippen molar-refractivity contribution in [3.8, 4) is 23.0 Å². The van der Waals surface area contributed by atoms with Crippen molar-refractivity contribution in [3.63, 3.8) is 0 Å². The van der Waals surface area contributed by atoms with Crippen molar-refractivity contribution in [2.75, 3.05) is 14.2 Å². The van der Waals surface area contributed by atoms with Crippen LogP contribution < -0.4 is 19.5 Å². The van der Waals surface area contributed by atoms with Crippen LogP contribution in [0, 0.1) is 0 Å². The highest BCUT2D eigenvalue weighted by atomic mass is 35.5. The fourth-order valence-corrected chi connectivity index (χ4v) is 3.01. The molecule has 7 heteroatoms. The van der Waals surface area contributed by atoms with Gasteiger partial charge in [0, 0.05) is 22.7 Å². The summed E-state index contributed by atoms with van der Waals surface area (Å²) in [5.41, 5.74) is 2.08. The van der Waals surface area contributed by atoms with Gasteiger partial charge in [0.25, 0.3) is 5.91 Å². The summed E-state index contributed by atoms with van der Waals surface area (Å²) in [6.07, 6.45) is 0. The topological polar surface area (TPSA) is 77.0 Å². The Hall–Kier alpha value is -3.38. The largest absolute Gasteiger partial charge is 0.504 e. The molecule has 0 saturated heterocycles. The Morgan fingerprint density at radius 2 is 1.73 bits per heavy atom. The Bertz CT molecular complexity index is 1040. The number of hydrogen-bond acceptors (Lipinski definition) is 5. The van der Waals surface area contributed by atoms with Gasteiger partial charge in [-0.2, -0.15) is 0 Å². The normalized spacial score (nSPS) is 10.4. The first-order valence-electron chi connectivity index (χ1n) is 9.20. The van der Waals surface area contributed by atoms with Crippen molar-refractivity contribution in [1.82, 2.24) is 5.32 Å². The maximum Gasteiger partial charge on any atom is 0.251 e. The van der Waals surface area contributed by atoms with Crippen molar-refractivity contribution in [2.24, 2.45) is 0 Å². The molecule has 0 radical (unpaired) electrons. The minimum absolute atomic E-state index is 0.0460. The molecule has 1 amide bonds. The molecule has 30 heavy (non-hydrogen) atoms. The first-order chi connectivity index (χ1) is 14.5. The van der Waals surface area contributed by atoms with Crippen LogP contribution in [-0.2, 0) is 13.2 Å². The molecule has 3 rings (SSSR count). The van der Waals surface area contributed by atoms with Crippen LogP contribution in [0.15, 0.2) is 60.7 Å². The zero-order chi connectivity index (χ0) is 21.5. The number of carbonyl (C=O) groups is 1. The van der Waals surface area contributed by atoms with Gasteiger partial charge in [0.05, 0.1) is 14.2 Å². The lowest BCUT2D eigenvalue weighted by Gasteiger charge is -2.13. The van der Waals surface area contributed by atoms with Crippen molar-refractivity contribution >= 4 is 17.5 Å². The Labute approximate surface area is 180 Å². The lowest BCUT2D eigenvalue weighted by molar-refractivity contribution is 0.0950. The molecule has 0 aliphatic carbocycles. The average Bonchev–Trinajstić information content (AvgIpc) is 2.77. The molecule has 0 unspecified atom stereocenters. The predicted molar refractivity (Wildman–Crippen MR) is 115 cm³/mol. The van der Waals surface area contributed by atoms with Gasteiger partial charge >= 0.3 is 0 Å². The quantitative estimate of drug-likeness (QED) is 0.550. The second kappa shape index (κ2) is 9.89. The molecule has 6 nitrogen and oxygen atoms in total. The summed E-state index contributed by atoms with van der Waals surface area (Å²) < 4.78 is 16.3. The van der Waals surface area contributed by atoms with Gasteiger partial charge in [0.15, 0.2) is 23.0 Å². The van der Waals surface area contributed by atoms with E-state index >= 15 is 0 Å². The Balaban J connectivity index is 1.66. The van der Waals surface area contributed by atoms with Crippen LogP contribution in [0.25, 0.3) is 0 Å². The number of hydrogen-bond donors (Lipinski definition) is 2. The summed E-state index contributed by atoms with van der Waals surface area (Å²) in [6, 6.07) is 17.3. The third-order valence-corrected chi connectivity index (χ3v) is 4.83. The van der Waals surface area contributed by atoms with Crippen molar-refractivity contribution < 1.29 is 24.1 Å². The van der Waals surface area contributed by atoms with Crippen LogP contribution in [0.2, 0.25) is 5.02 Å². The van der Waals surface area contributed by atoms with Crippen LogP contribution in [0.3, 0.4) is 0 Å². The van der Waals surface area contributed by atoms with Crippen LogP contribution in [-0.4, -0.2) is 25.2 Å². The summed E-state index contributed by atoms with van der Waals surface area (Å²) in [5, 5.41) is 13.1. The van der Waals surface area contributed by atoms with E-state index in [1.54, 1.807) is 36.4 Å². The molecule has 2 N–H and O–H groups in total. The predicted octanol–water partition coefficient (Wildman–Crippen LogP) is 4.57. The smallest absolute Gasteiger partial charge is 0.251 e. The Kier molecular flexibility index (Phi) is 7.03. The van der Waals surface area contributed by atoms with Crippen molar-refractivity contribution in [1.29, 1.82) is 0 Å². The minimum Gasteiger partial charge on any atom is -0.504 e. The van der Waals surface area contributed by atoms with E-state index in [4.69, 9.17) is 25.8 Å². The first-order valence-corrected chi connectivity index (χ1v) is 9.58. The lowest BCUT2D eigenvalue weighted by Crippen LogP contribution is -2.22. The van der Waals surface area contributed by atoms with E-state index in [1.807, 2.05) is 18.2 Å². The SMILES string of the molecule is COc1cc(CNC(=O)c2ccc(OCc3ccccc3Cl)c(OC)c2)ccc1O. The van der Waals surface area contributed by atoms with Crippen molar-refractivity contribution in [2.45, 2.75) is 13.2 Å². The number of aromatic hydroxyl groups is 1. The standard InChI is InChI=1S/C23H22ClNO5/c1-28-21-11-15(7-9-19(21)26)13-25-23(27)16-8-10-20(22(12-16)29-2)30-14-17-5-3-4-6-18(17)24/h3-12,26H,13-14H2,1-2H3,(H,25,27). The molecule has 0 aliphatic rings. The summed E-state index contributed by atoms with van der Waals surface area (Å²) >= 11 is 6.16. The number of phenolic OH excluding ortho intramolecular Hbond substituents is 1. The molecule has 156 valence electrons. The van der Waals surface area contributed by atoms with Gasteiger partial charge in [-0.15, -0.1) is 0 Å². The summed E-state index contributed by atoms with van der Waals surface area (Å²) in [6.45, 7) is 0.562. The van der Waals surface area contributed by atoms with Gasteiger partial charge in [-0.05, 0) is 42.0 Å². The zero-order valence-corrected chi connectivity index (χ0v) is 17.4. The van der Waals surface area contributed by atoms with Gasteiger partial charge in [-0.3, -0.25) is 4.79 Å². The Morgan fingerprint density at radius 1 is 0.967 bits per heavy atom. The monoisotopic (exact) mass is 427 g/mol. The van der Waals surface area contributed by atoms with E-state index in [9.17, 15) is 9.90 Å². The lowest BCUT2D eigenvalue weighted by atomic mass is 10.1. The second-order valence-corrected chi connectivity index (χ2v) is 6.84. The number of halogens is 1. The molecule has 0 spiro atoms. The van der Waals surface area contributed by atoms with E-state index in [0.717, 1.165) is 11.1 Å². The van der Waals surface area contributed by atoms with E-state index < -0.39 is 0 Å². The molecule has 0 aliphatic heterocycles. The van der Waals surface area contributed by atoms with Gasteiger partial charge in [0.2, 0.25) is 0 Å². The first kappa shape index (κ1) is 21.3. The molecule has 0 heterocycles. The number of nitrogens with one attached hydrogen (secondary N) is 1. The molecule has 0 aromatic heterocycles. The molecular formula is C23H22ClNO5. The summed E-state index contributed by atoms with van der Waals surface area (Å²) in [4.78, 5) is 12.5. The van der Waals surface area contributed by atoms with E-state index in [2.05, 4.69) is 5.32 Å². The number of carbonyl (C=O) groups excluding carboxylic acids is 1. The van der Waals surface area contributed by atoms with Crippen LogP contribution >= 0.6 is 11.6 Å².